The van der Waals surface area contributed by atoms with Crippen molar-refractivity contribution in [1.82, 2.24) is 9.88 Å². The molecule has 0 amide bonds. The van der Waals surface area contributed by atoms with Crippen LogP contribution in [-0.4, -0.2) is 45.2 Å². The number of ether oxygens (including phenoxy) is 2. The molecule has 1 aliphatic rings. The summed E-state index contributed by atoms with van der Waals surface area (Å²) >= 11 is 0. The topological polar surface area (TPSA) is 90.7 Å². The van der Waals surface area contributed by atoms with Crippen molar-refractivity contribution in [2.75, 3.05) is 25.6 Å². The van der Waals surface area contributed by atoms with Gasteiger partial charge in [-0.3, -0.25) is 0 Å². The Morgan fingerprint density at radius 3 is 2.73 bits per heavy atom. The number of aryl methyl sites for hydroxylation is 1. The van der Waals surface area contributed by atoms with Crippen LogP contribution in [0.2, 0.25) is 0 Å². The molecule has 3 rings (SSSR count). The molecule has 0 spiro atoms. The van der Waals surface area contributed by atoms with Gasteiger partial charge in [0, 0.05) is 30.2 Å². The van der Waals surface area contributed by atoms with Crippen LogP contribution in [0.4, 0.5) is 0 Å². The van der Waals surface area contributed by atoms with Crippen LogP contribution in [0.3, 0.4) is 0 Å². The summed E-state index contributed by atoms with van der Waals surface area (Å²) in [6.07, 6.45) is 0.651. The molecule has 26 heavy (non-hydrogen) atoms. The summed E-state index contributed by atoms with van der Waals surface area (Å²) in [6.45, 7) is 4.90. The van der Waals surface area contributed by atoms with Crippen LogP contribution in [0.5, 0.6) is 5.75 Å². The third-order valence-corrected chi connectivity index (χ3v) is 5.85. The van der Waals surface area contributed by atoms with Crippen LogP contribution in [0.15, 0.2) is 34.9 Å². The van der Waals surface area contributed by atoms with Crippen molar-refractivity contribution < 1.29 is 22.4 Å². The van der Waals surface area contributed by atoms with Crippen molar-refractivity contribution in [3.05, 3.63) is 36.1 Å². The van der Waals surface area contributed by atoms with Crippen molar-refractivity contribution in [3.8, 4) is 17.0 Å². The number of nitrogens with one attached hydrogen (secondary N) is 1. The first kappa shape index (κ1) is 18.9. The largest absolute Gasteiger partial charge is 0.493 e. The lowest BCUT2D eigenvalue weighted by Crippen LogP contribution is -2.47. The minimum Gasteiger partial charge on any atom is -0.493 e. The molecule has 2 unspecified atom stereocenters. The molecule has 2 heterocycles. The number of aromatic nitrogens is 1. The van der Waals surface area contributed by atoms with Gasteiger partial charge in [-0.15, -0.1) is 0 Å². The second kappa shape index (κ2) is 8.20. The molecule has 0 bridgehead atoms. The maximum Gasteiger partial charge on any atom is 0.211 e. The second-order valence-corrected chi connectivity index (χ2v) is 8.45. The van der Waals surface area contributed by atoms with E-state index in [1.54, 1.807) is 6.92 Å². The summed E-state index contributed by atoms with van der Waals surface area (Å²) in [5, 5.41) is 3.99. The van der Waals surface area contributed by atoms with Gasteiger partial charge in [0.15, 0.2) is 0 Å². The zero-order valence-electron chi connectivity index (χ0n) is 15.0. The molecule has 1 saturated heterocycles. The van der Waals surface area contributed by atoms with Crippen molar-refractivity contribution in [3.63, 3.8) is 0 Å². The highest BCUT2D eigenvalue weighted by atomic mass is 32.2. The zero-order valence-corrected chi connectivity index (χ0v) is 15.8. The molecule has 0 radical (unpaired) electrons. The fraction of sp³-hybridized carbons (Fsp3) is 0.500. The Morgan fingerprint density at radius 2 is 2.08 bits per heavy atom. The third kappa shape index (κ3) is 4.84. The van der Waals surface area contributed by atoms with Gasteiger partial charge in [0.1, 0.15) is 17.2 Å². The van der Waals surface area contributed by atoms with E-state index in [0.29, 0.717) is 26.2 Å². The predicted octanol–water partition coefficient (Wildman–Crippen LogP) is 2.37. The van der Waals surface area contributed by atoms with Crippen molar-refractivity contribution in [2.45, 2.75) is 26.3 Å². The minimum absolute atomic E-state index is 0.0251. The lowest BCUT2D eigenvalue weighted by molar-refractivity contribution is 0.0186. The smallest absolute Gasteiger partial charge is 0.211 e. The summed E-state index contributed by atoms with van der Waals surface area (Å²) in [6, 6.07) is 9.29. The molecule has 142 valence electrons. The number of sulfonamides is 1. The average molecular weight is 380 g/mol. The van der Waals surface area contributed by atoms with E-state index in [9.17, 15) is 8.42 Å². The van der Waals surface area contributed by atoms with Crippen LogP contribution < -0.4 is 9.46 Å². The molecule has 1 aromatic carbocycles. The molecule has 1 N–H and O–H groups in total. The first-order valence-electron chi connectivity index (χ1n) is 8.71. The highest BCUT2D eigenvalue weighted by Crippen LogP contribution is 2.23. The number of nitrogens with zero attached hydrogens (tertiary/aromatic N) is 1. The Balaban J connectivity index is 1.60. The summed E-state index contributed by atoms with van der Waals surface area (Å²) in [5.41, 5.74) is 1.73. The second-order valence-electron chi connectivity index (χ2n) is 6.41. The van der Waals surface area contributed by atoms with Crippen LogP contribution >= 0.6 is 0 Å². The Kier molecular flexibility index (Phi) is 5.95. The molecule has 8 heteroatoms. The van der Waals surface area contributed by atoms with Gasteiger partial charge in [-0.25, -0.2) is 13.1 Å². The van der Waals surface area contributed by atoms with E-state index in [0.717, 1.165) is 22.8 Å². The number of hydrogen-bond acceptors (Lipinski definition) is 6. The zero-order chi connectivity index (χ0) is 18.6. The van der Waals surface area contributed by atoms with Gasteiger partial charge in [0.25, 0.3) is 0 Å². The van der Waals surface area contributed by atoms with Gasteiger partial charge in [0.2, 0.25) is 10.0 Å². The predicted molar refractivity (Wildman–Crippen MR) is 97.5 cm³/mol. The molecule has 7 nitrogen and oxygen atoms in total. The summed E-state index contributed by atoms with van der Waals surface area (Å²) in [7, 11) is -3.25. The lowest BCUT2D eigenvalue weighted by Gasteiger charge is -2.31. The van der Waals surface area contributed by atoms with E-state index in [1.807, 2.05) is 37.3 Å². The quantitative estimate of drug-likeness (QED) is 0.793. The maximum absolute atomic E-state index is 11.9. The molecule has 1 aromatic heterocycles. The average Bonchev–Trinajstić information content (AvgIpc) is 3.07. The van der Waals surface area contributed by atoms with Gasteiger partial charge in [0.05, 0.1) is 19.0 Å². The Bertz CT molecular complexity index is 816. The molecular weight excluding hydrogens is 356 g/mol. The first-order chi connectivity index (χ1) is 12.5. The Morgan fingerprint density at radius 1 is 1.31 bits per heavy atom. The maximum atomic E-state index is 11.9. The molecule has 0 aliphatic carbocycles. The highest BCUT2D eigenvalue weighted by molar-refractivity contribution is 7.89. The number of rotatable bonds is 7. The lowest BCUT2D eigenvalue weighted by atomic mass is 9.98. The molecule has 2 aromatic rings. The van der Waals surface area contributed by atoms with E-state index in [4.69, 9.17) is 14.0 Å². The Labute approximate surface area is 153 Å². The van der Waals surface area contributed by atoms with Crippen LogP contribution in [-0.2, 0) is 14.8 Å². The van der Waals surface area contributed by atoms with E-state index in [1.165, 1.54) is 0 Å². The van der Waals surface area contributed by atoms with E-state index in [-0.39, 0.29) is 17.7 Å². The van der Waals surface area contributed by atoms with E-state index < -0.39 is 10.0 Å². The van der Waals surface area contributed by atoms with E-state index >= 15 is 0 Å². The standard InChI is InChI=1S/C18H24N2O5S/c1-3-26(21,22)20-17-8-9-23-11-15(17)12-24-16-6-4-14(5-7-16)18-10-13(2)25-19-18/h4-7,10,15,17,20H,3,8-9,11-12H2,1-2H3. The van der Waals surface area contributed by atoms with Gasteiger partial charge >= 0.3 is 0 Å². The number of benzene rings is 1. The fourth-order valence-electron chi connectivity index (χ4n) is 2.86. The van der Waals surface area contributed by atoms with E-state index in [2.05, 4.69) is 9.88 Å². The third-order valence-electron chi connectivity index (χ3n) is 4.43. The van der Waals surface area contributed by atoms with Gasteiger partial charge < -0.3 is 14.0 Å². The SMILES string of the molecule is CCS(=O)(=O)NC1CCOCC1COc1ccc(-c2cc(C)on2)cc1. The van der Waals surface area contributed by atoms with Gasteiger partial charge in [-0.2, -0.15) is 0 Å². The Hall–Kier alpha value is -1.90. The molecule has 1 aliphatic heterocycles. The van der Waals surface area contributed by atoms with Crippen LogP contribution in [0.25, 0.3) is 11.3 Å². The van der Waals surface area contributed by atoms with Crippen molar-refractivity contribution in [1.29, 1.82) is 0 Å². The molecule has 2 atom stereocenters. The molecule has 0 saturated carbocycles. The minimum atomic E-state index is -3.25. The molecule has 1 fully saturated rings. The van der Waals surface area contributed by atoms with Crippen molar-refractivity contribution >= 4 is 10.0 Å². The van der Waals surface area contributed by atoms with Gasteiger partial charge in [-0.1, -0.05) is 5.16 Å². The molecular formula is C18H24N2O5S. The van der Waals surface area contributed by atoms with Crippen LogP contribution in [0.1, 0.15) is 19.1 Å². The summed E-state index contributed by atoms with van der Waals surface area (Å²) < 4.78 is 42.9. The number of hydrogen-bond donors (Lipinski definition) is 1. The monoisotopic (exact) mass is 380 g/mol. The normalized spacial score (nSPS) is 20.8. The highest BCUT2D eigenvalue weighted by Gasteiger charge is 2.29. The fourth-order valence-corrected chi connectivity index (χ4v) is 3.80. The van der Waals surface area contributed by atoms with Gasteiger partial charge in [-0.05, 0) is 44.5 Å². The summed E-state index contributed by atoms with van der Waals surface area (Å²) in [5.74, 6) is 1.53. The summed E-state index contributed by atoms with van der Waals surface area (Å²) in [4.78, 5) is 0. The van der Waals surface area contributed by atoms with Crippen LogP contribution in [0, 0.1) is 12.8 Å². The van der Waals surface area contributed by atoms with Crippen molar-refractivity contribution in [2.24, 2.45) is 5.92 Å². The first-order valence-corrected chi connectivity index (χ1v) is 10.4.